The zero-order chi connectivity index (χ0) is 16.3. The van der Waals surface area contributed by atoms with Crippen LogP contribution in [0.25, 0.3) is 0 Å². The maximum Gasteiger partial charge on any atom is 0.410 e. The van der Waals surface area contributed by atoms with E-state index in [-0.39, 0.29) is 12.0 Å². The number of ether oxygens (including phenoxy) is 1. The highest BCUT2D eigenvalue weighted by Crippen LogP contribution is 2.22. The van der Waals surface area contributed by atoms with Crippen LogP contribution in [-0.2, 0) is 15.5 Å². The summed E-state index contributed by atoms with van der Waals surface area (Å²) in [4.78, 5) is 22.0. The van der Waals surface area contributed by atoms with Crippen LogP contribution in [0.1, 0.15) is 32.9 Å². The summed E-state index contributed by atoms with van der Waals surface area (Å²) < 4.78 is 17.8. The van der Waals surface area contributed by atoms with Gasteiger partial charge >= 0.3 is 6.09 Å². The lowest BCUT2D eigenvalue weighted by atomic mass is 10.2. The van der Waals surface area contributed by atoms with Gasteiger partial charge in [0.25, 0.3) is 0 Å². The Balaban J connectivity index is 1.90. The molecule has 0 aliphatic carbocycles. The van der Waals surface area contributed by atoms with E-state index in [1.165, 1.54) is 0 Å². The molecule has 0 spiro atoms. The Kier molecular flexibility index (Phi) is 5.16. The van der Waals surface area contributed by atoms with Gasteiger partial charge in [-0.1, -0.05) is 0 Å². The molecule has 7 heteroatoms. The van der Waals surface area contributed by atoms with Gasteiger partial charge in [-0.25, -0.2) is 9.78 Å². The van der Waals surface area contributed by atoms with E-state index in [1.807, 2.05) is 27.7 Å². The van der Waals surface area contributed by atoms with Gasteiger partial charge in [0.1, 0.15) is 10.6 Å². The predicted octanol–water partition coefficient (Wildman–Crippen LogP) is 2.15. The van der Waals surface area contributed by atoms with E-state index in [0.717, 1.165) is 6.42 Å². The Morgan fingerprint density at radius 1 is 1.41 bits per heavy atom. The molecule has 0 N–H and O–H groups in total. The summed E-state index contributed by atoms with van der Waals surface area (Å²) in [6.45, 7) is 8.59. The molecule has 1 aliphatic rings. The highest BCUT2D eigenvalue weighted by Gasteiger charge is 2.31. The van der Waals surface area contributed by atoms with Gasteiger partial charge in [0.15, 0.2) is 0 Å². The van der Waals surface area contributed by atoms with Crippen molar-refractivity contribution in [1.82, 2.24) is 14.9 Å². The fourth-order valence-electron chi connectivity index (χ4n) is 2.37. The lowest BCUT2D eigenvalue weighted by Gasteiger charge is -2.24. The summed E-state index contributed by atoms with van der Waals surface area (Å²) in [5, 5.41) is 0.540. The molecule has 1 aliphatic heterocycles. The first-order valence-corrected chi connectivity index (χ1v) is 8.72. The Morgan fingerprint density at radius 3 is 2.73 bits per heavy atom. The van der Waals surface area contributed by atoms with Gasteiger partial charge in [0.2, 0.25) is 0 Å². The first kappa shape index (κ1) is 16.9. The van der Waals surface area contributed by atoms with Crippen molar-refractivity contribution in [2.24, 2.45) is 5.92 Å². The molecule has 1 saturated heterocycles. The lowest BCUT2D eigenvalue weighted by molar-refractivity contribution is 0.0289. The van der Waals surface area contributed by atoms with Crippen LogP contribution in [0, 0.1) is 12.8 Å². The molecule has 122 valence electrons. The maximum atomic E-state index is 12.4. The SMILES string of the molecule is Cc1nccnc1[S@@](=O)C[C@H]1CCN(C(=O)OC(C)(C)C)C1. The molecule has 0 unspecified atom stereocenters. The second-order valence-electron chi connectivity index (χ2n) is 6.54. The molecule has 1 fully saturated rings. The molecule has 1 aromatic heterocycles. The average molecular weight is 325 g/mol. The normalized spacial score (nSPS) is 20.0. The van der Waals surface area contributed by atoms with Gasteiger partial charge in [0, 0.05) is 31.2 Å². The van der Waals surface area contributed by atoms with Crippen molar-refractivity contribution in [2.75, 3.05) is 18.8 Å². The van der Waals surface area contributed by atoms with E-state index in [9.17, 15) is 9.00 Å². The summed E-state index contributed by atoms with van der Waals surface area (Å²) in [5.41, 5.74) is 0.206. The van der Waals surface area contributed by atoms with Gasteiger partial charge in [-0.2, -0.15) is 0 Å². The maximum absolute atomic E-state index is 12.4. The summed E-state index contributed by atoms with van der Waals surface area (Å²) in [6.07, 6.45) is 3.69. The average Bonchev–Trinajstić information content (AvgIpc) is 2.85. The summed E-state index contributed by atoms with van der Waals surface area (Å²) in [7, 11) is -1.18. The third-order valence-electron chi connectivity index (χ3n) is 3.38. The van der Waals surface area contributed by atoms with E-state index >= 15 is 0 Å². The molecular formula is C15H23N3O3S. The molecule has 0 bridgehead atoms. The summed E-state index contributed by atoms with van der Waals surface area (Å²) in [5.74, 6) is 0.702. The number of amides is 1. The van der Waals surface area contributed by atoms with Gasteiger partial charge in [-0.05, 0) is 40.0 Å². The van der Waals surface area contributed by atoms with Crippen LogP contribution >= 0.6 is 0 Å². The van der Waals surface area contributed by atoms with Gasteiger partial charge in [-0.15, -0.1) is 0 Å². The number of likely N-dealkylation sites (tertiary alicyclic amines) is 1. The minimum atomic E-state index is -1.18. The Morgan fingerprint density at radius 2 is 2.09 bits per heavy atom. The van der Waals surface area contributed by atoms with Crippen LogP contribution in [0.5, 0.6) is 0 Å². The molecular weight excluding hydrogens is 302 g/mol. The van der Waals surface area contributed by atoms with Crippen molar-refractivity contribution in [3.63, 3.8) is 0 Å². The molecule has 0 aromatic carbocycles. The van der Waals surface area contributed by atoms with E-state index < -0.39 is 16.4 Å². The van der Waals surface area contributed by atoms with Crippen LogP contribution in [0.15, 0.2) is 17.4 Å². The Labute approximate surface area is 133 Å². The zero-order valence-corrected chi connectivity index (χ0v) is 14.4. The van der Waals surface area contributed by atoms with Crippen molar-refractivity contribution in [1.29, 1.82) is 0 Å². The lowest BCUT2D eigenvalue weighted by Crippen LogP contribution is -2.35. The Bertz CT molecular complexity index is 571. The van der Waals surface area contributed by atoms with E-state index in [2.05, 4.69) is 9.97 Å². The molecule has 2 rings (SSSR count). The standard InChI is InChI=1S/C15H23N3O3S/c1-11-13(17-7-6-16-11)22(20)10-12-5-8-18(9-12)14(19)21-15(2,3)4/h6-7,12H,5,8-10H2,1-4H3/t12-,22-/m0/s1. The second kappa shape index (κ2) is 6.73. The van der Waals surface area contributed by atoms with Crippen molar-refractivity contribution in [3.8, 4) is 0 Å². The van der Waals surface area contributed by atoms with Crippen LogP contribution in [-0.4, -0.2) is 49.6 Å². The van der Waals surface area contributed by atoms with Crippen LogP contribution in [0.4, 0.5) is 4.79 Å². The molecule has 22 heavy (non-hydrogen) atoms. The monoisotopic (exact) mass is 325 g/mol. The molecule has 1 amide bonds. The number of aryl methyl sites for hydroxylation is 1. The number of rotatable bonds is 3. The number of nitrogens with zero attached hydrogens (tertiary/aromatic N) is 3. The van der Waals surface area contributed by atoms with Gasteiger partial charge in [0.05, 0.1) is 16.5 Å². The molecule has 0 saturated carbocycles. The zero-order valence-electron chi connectivity index (χ0n) is 13.5. The third-order valence-corrected chi connectivity index (χ3v) is 4.98. The third kappa shape index (κ3) is 4.50. The van der Waals surface area contributed by atoms with Crippen molar-refractivity contribution < 1.29 is 13.7 Å². The number of hydrogen-bond donors (Lipinski definition) is 0. The second-order valence-corrected chi connectivity index (χ2v) is 7.95. The highest BCUT2D eigenvalue weighted by molar-refractivity contribution is 7.85. The van der Waals surface area contributed by atoms with Gasteiger partial charge < -0.3 is 9.64 Å². The van der Waals surface area contributed by atoms with E-state index in [4.69, 9.17) is 4.74 Å². The first-order chi connectivity index (χ1) is 10.3. The fourth-order valence-corrected chi connectivity index (χ4v) is 3.79. The molecule has 0 radical (unpaired) electrons. The van der Waals surface area contributed by atoms with Gasteiger partial charge in [-0.3, -0.25) is 9.19 Å². The Hall–Kier alpha value is -1.50. The fraction of sp³-hybridized carbons (Fsp3) is 0.667. The number of carbonyl (C=O) groups excluding carboxylic acids is 1. The highest BCUT2D eigenvalue weighted by atomic mass is 32.2. The molecule has 6 nitrogen and oxygen atoms in total. The van der Waals surface area contributed by atoms with Crippen molar-refractivity contribution in [2.45, 2.75) is 44.7 Å². The van der Waals surface area contributed by atoms with Crippen molar-refractivity contribution >= 4 is 16.9 Å². The van der Waals surface area contributed by atoms with Crippen molar-refractivity contribution in [3.05, 3.63) is 18.1 Å². The molecule has 2 atom stereocenters. The first-order valence-electron chi connectivity index (χ1n) is 7.40. The largest absolute Gasteiger partial charge is 0.444 e. The van der Waals surface area contributed by atoms with E-state index in [0.29, 0.717) is 29.6 Å². The minimum absolute atomic E-state index is 0.203. The van der Waals surface area contributed by atoms with Crippen LogP contribution in [0.3, 0.4) is 0 Å². The van der Waals surface area contributed by atoms with Crippen LogP contribution < -0.4 is 0 Å². The molecule has 1 aromatic rings. The predicted molar refractivity (Wildman–Crippen MR) is 84.0 cm³/mol. The van der Waals surface area contributed by atoms with E-state index in [1.54, 1.807) is 17.3 Å². The minimum Gasteiger partial charge on any atom is -0.444 e. The topological polar surface area (TPSA) is 72.4 Å². The number of hydrogen-bond acceptors (Lipinski definition) is 5. The smallest absolute Gasteiger partial charge is 0.410 e. The number of carbonyl (C=O) groups is 1. The van der Waals surface area contributed by atoms with Crippen LogP contribution in [0.2, 0.25) is 0 Å². The summed E-state index contributed by atoms with van der Waals surface area (Å²) in [6, 6.07) is 0. The summed E-state index contributed by atoms with van der Waals surface area (Å²) >= 11 is 0. The number of aromatic nitrogens is 2. The molecule has 2 heterocycles. The quantitative estimate of drug-likeness (QED) is 0.851.